The van der Waals surface area contributed by atoms with Crippen molar-refractivity contribution in [3.05, 3.63) is 59.2 Å². The number of carbonyl (C=O) groups excluding carboxylic acids is 2. The van der Waals surface area contributed by atoms with E-state index in [4.69, 9.17) is 15.7 Å². The zero-order valence-electron chi connectivity index (χ0n) is 11.3. The number of amides is 1. The average molecular weight is 280 g/mol. The zero-order chi connectivity index (χ0) is 15.4. The molecule has 2 aromatic carbocycles. The van der Waals surface area contributed by atoms with Crippen LogP contribution in [0.4, 0.5) is 0 Å². The minimum atomic E-state index is -0.530. The summed E-state index contributed by atoms with van der Waals surface area (Å²) in [5.41, 5.74) is 6.29. The summed E-state index contributed by atoms with van der Waals surface area (Å²) in [6.45, 7) is 1.42. The molecule has 5 heteroatoms. The van der Waals surface area contributed by atoms with Gasteiger partial charge in [0.05, 0.1) is 17.2 Å². The van der Waals surface area contributed by atoms with Crippen LogP contribution in [0.25, 0.3) is 0 Å². The molecule has 1 amide bonds. The second-order valence-electron chi connectivity index (χ2n) is 4.37. The van der Waals surface area contributed by atoms with Crippen molar-refractivity contribution < 1.29 is 14.3 Å². The van der Waals surface area contributed by atoms with Crippen molar-refractivity contribution in [2.75, 3.05) is 0 Å². The molecule has 0 spiro atoms. The topological polar surface area (TPSA) is 93.2 Å². The number of rotatable bonds is 4. The number of nitrogens with two attached hydrogens (primary N) is 1. The summed E-state index contributed by atoms with van der Waals surface area (Å²) in [5.74, 6) is 0.0478. The lowest BCUT2D eigenvalue weighted by atomic mass is 10.1. The number of Topliss-reactive ketones (excluding diaryl/α,β-unsaturated/α-hetero) is 1. The number of nitrogens with zero attached hydrogens (tertiary/aromatic N) is 1. The van der Waals surface area contributed by atoms with Crippen LogP contribution in [-0.2, 0) is 0 Å². The Hall–Kier alpha value is -3.13. The molecule has 0 saturated carbocycles. The molecular formula is C16H12N2O3. The van der Waals surface area contributed by atoms with E-state index in [1.807, 2.05) is 6.07 Å². The highest BCUT2D eigenvalue weighted by Crippen LogP contribution is 2.27. The van der Waals surface area contributed by atoms with E-state index in [1.54, 1.807) is 24.3 Å². The van der Waals surface area contributed by atoms with Crippen LogP contribution in [-0.4, -0.2) is 11.7 Å². The van der Waals surface area contributed by atoms with Gasteiger partial charge in [-0.15, -0.1) is 0 Å². The van der Waals surface area contributed by atoms with Crippen molar-refractivity contribution in [3.8, 4) is 17.6 Å². The Morgan fingerprint density at radius 1 is 1.14 bits per heavy atom. The number of carbonyl (C=O) groups is 2. The van der Waals surface area contributed by atoms with Gasteiger partial charge in [-0.1, -0.05) is 0 Å². The molecule has 0 aromatic heterocycles. The molecule has 0 fully saturated rings. The van der Waals surface area contributed by atoms with Crippen LogP contribution in [0, 0.1) is 11.3 Å². The largest absolute Gasteiger partial charge is 0.457 e. The van der Waals surface area contributed by atoms with Gasteiger partial charge in [0.15, 0.2) is 5.78 Å². The molecule has 104 valence electrons. The van der Waals surface area contributed by atoms with Gasteiger partial charge in [-0.2, -0.15) is 5.26 Å². The highest BCUT2D eigenvalue weighted by Gasteiger charge is 2.11. The summed E-state index contributed by atoms with van der Waals surface area (Å²) in [4.78, 5) is 22.6. The average Bonchev–Trinajstić information content (AvgIpc) is 2.47. The molecular weight excluding hydrogens is 268 g/mol. The summed E-state index contributed by atoms with van der Waals surface area (Å²) in [5, 5.41) is 8.91. The first-order valence-corrected chi connectivity index (χ1v) is 6.14. The maximum absolute atomic E-state index is 11.6. The minimum absolute atomic E-state index is 0.164. The molecule has 0 radical (unpaired) electrons. The third-order valence-corrected chi connectivity index (χ3v) is 2.86. The van der Waals surface area contributed by atoms with Crippen molar-refractivity contribution in [1.82, 2.24) is 0 Å². The monoisotopic (exact) mass is 280 g/mol. The predicted octanol–water partition coefficient (Wildman–Crippen LogP) is 2.65. The SMILES string of the molecule is CC(=O)c1ccc(C#N)cc1Oc1ccc(C(N)=O)cc1. The standard InChI is InChI=1S/C16H12N2O3/c1-10(19)14-7-2-11(9-17)8-15(14)21-13-5-3-12(4-6-13)16(18)20/h2-8H,1H3,(H2,18,20). The fourth-order valence-corrected chi connectivity index (χ4v) is 1.78. The van der Waals surface area contributed by atoms with E-state index < -0.39 is 5.91 Å². The van der Waals surface area contributed by atoms with E-state index in [-0.39, 0.29) is 5.78 Å². The maximum Gasteiger partial charge on any atom is 0.248 e. The highest BCUT2D eigenvalue weighted by molar-refractivity contribution is 5.97. The van der Waals surface area contributed by atoms with Gasteiger partial charge >= 0.3 is 0 Å². The van der Waals surface area contributed by atoms with Gasteiger partial charge in [0.25, 0.3) is 0 Å². The third-order valence-electron chi connectivity index (χ3n) is 2.86. The number of primary amides is 1. The van der Waals surface area contributed by atoms with Gasteiger partial charge in [0.1, 0.15) is 11.5 Å². The van der Waals surface area contributed by atoms with Gasteiger partial charge in [-0.25, -0.2) is 0 Å². The predicted molar refractivity (Wildman–Crippen MR) is 76.2 cm³/mol. The number of hydrogen-bond donors (Lipinski definition) is 1. The van der Waals surface area contributed by atoms with Crippen LogP contribution in [0.2, 0.25) is 0 Å². The number of nitriles is 1. The van der Waals surface area contributed by atoms with E-state index in [2.05, 4.69) is 0 Å². The van der Waals surface area contributed by atoms with Gasteiger partial charge in [-0.3, -0.25) is 9.59 Å². The Morgan fingerprint density at radius 3 is 2.33 bits per heavy atom. The van der Waals surface area contributed by atoms with Crippen LogP contribution < -0.4 is 10.5 Å². The first-order valence-electron chi connectivity index (χ1n) is 6.14. The molecule has 0 aliphatic rings. The van der Waals surface area contributed by atoms with Crippen LogP contribution in [0.5, 0.6) is 11.5 Å². The van der Waals surface area contributed by atoms with Crippen molar-refractivity contribution in [2.24, 2.45) is 5.73 Å². The Bertz CT molecular complexity index is 743. The number of ketones is 1. The fourth-order valence-electron chi connectivity index (χ4n) is 1.78. The summed E-state index contributed by atoms with van der Waals surface area (Å²) in [6.07, 6.45) is 0. The fraction of sp³-hybridized carbons (Fsp3) is 0.0625. The lowest BCUT2D eigenvalue weighted by molar-refractivity contribution is 0.0996. The number of ether oxygens (including phenoxy) is 1. The van der Waals surface area contributed by atoms with Crippen LogP contribution in [0.15, 0.2) is 42.5 Å². The van der Waals surface area contributed by atoms with Crippen LogP contribution >= 0.6 is 0 Å². The molecule has 5 nitrogen and oxygen atoms in total. The lowest BCUT2D eigenvalue weighted by Crippen LogP contribution is -2.10. The van der Waals surface area contributed by atoms with E-state index in [0.29, 0.717) is 28.2 Å². The molecule has 0 heterocycles. The molecule has 0 aliphatic carbocycles. The van der Waals surface area contributed by atoms with Crippen molar-refractivity contribution >= 4 is 11.7 Å². The second kappa shape index (κ2) is 5.88. The van der Waals surface area contributed by atoms with Gasteiger partial charge in [-0.05, 0) is 49.4 Å². The van der Waals surface area contributed by atoms with Crippen LogP contribution in [0.1, 0.15) is 33.2 Å². The number of benzene rings is 2. The first kappa shape index (κ1) is 14.3. The zero-order valence-corrected chi connectivity index (χ0v) is 11.3. The molecule has 2 rings (SSSR count). The van der Waals surface area contributed by atoms with Gasteiger partial charge in [0, 0.05) is 5.56 Å². The summed E-state index contributed by atoms with van der Waals surface area (Å²) in [6, 6.07) is 12.8. The van der Waals surface area contributed by atoms with E-state index in [9.17, 15) is 9.59 Å². The lowest BCUT2D eigenvalue weighted by Gasteiger charge is -2.10. The molecule has 0 unspecified atom stereocenters. The molecule has 21 heavy (non-hydrogen) atoms. The van der Waals surface area contributed by atoms with Crippen molar-refractivity contribution in [3.63, 3.8) is 0 Å². The second-order valence-corrected chi connectivity index (χ2v) is 4.37. The van der Waals surface area contributed by atoms with Crippen LogP contribution in [0.3, 0.4) is 0 Å². The van der Waals surface area contributed by atoms with E-state index in [1.165, 1.54) is 25.1 Å². The summed E-state index contributed by atoms with van der Waals surface area (Å²) in [7, 11) is 0. The molecule has 0 bridgehead atoms. The van der Waals surface area contributed by atoms with E-state index in [0.717, 1.165) is 0 Å². The minimum Gasteiger partial charge on any atom is -0.457 e. The molecule has 2 aromatic rings. The molecule has 0 aliphatic heterocycles. The summed E-state index contributed by atoms with van der Waals surface area (Å²) < 4.78 is 5.62. The molecule has 2 N–H and O–H groups in total. The smallest absolute Gasteiger partial charge is 0.248 e. The van der Waals surface area contributed by atoms with Gasteiger partial charge < -0.3 is 10.5 Å². The van der Waals surface area contributed by atoms with Crippen molar-refractivity contribution in [2.45, 2.75) is 6.92 Å². The Balaban J connectivity index is 2.36. The highest BCUT2D eigenvalue weighted by atomic mass is 16.5. The first-order chi connectivity index (χ1) is 10.0. The van der Waals surface area contributed by atoms with Crippen molar-refractivity contribution in [1.29, 1.82) is 5.26 Å². The Morgan fingerprint density at radius 2 is 1.81 bits per heavy atom. The maximum atomic E-state index is 11.6. The third kappa shape index (κ3) is 3.25. The van der Waals surface area contributed by atoms with Gasteiger partial charge in [0.2, 0.25) is 5.91 Å². The summed E-state index contributed by atoms with van der Waals surface area (Å²) >= 11 is 0. The normalized spacial score (nSPS) is 9.71. The Kier molecular flexibility index (Phi) is 4.00. The molecule has 0 saturated heterocycles. The Labute approximate surface area is 121 Å². The quantitative estimate of drug-likeness (QED) is 0.871. The van der Waals surface area contributed by atoms with E-state index >= 15 is 0 Å². The number of hydrogen-bond acceptors (Lipinski definition) is 4. The molecule has 0 atom stereocenters.